The van der Waals surface area contributed by atoms with Crippen molar-refractivity contribution in [2.75, 3.05) is 19.6 Å². The number of piperidine rings is 1. The van der Waals surface area contributed by atoms with Crippen LogP contribution in [0.25, 0.3) is 0 Å². The van der Waals surface area contributed by atoms with Crippen LogP contribution in [0.1, 0.15) is 42.3 Å². The Balaban J connectivity index is 1.62. The van der Waals surface area contributed by atoms with Crippen molar-refractivity contribution in [1.82, 2.24) is 9.88 Å². The number of likely N-dealkylation sites (tertiary alicyclic amines) is 1. The van der Waals surface area contributed by atoms with Crippen molar-refractivity contribution in [3.05, 3.63) is 16.1 Å². The van der Waals surface area contributed by atoms with Gasteiger partial charge in [0.2, 0.25) is 0 Å². The van der Waals surface area contributed by atoms with Gasteiger partial charge in [-0.15, -0.1) is 11.3 Å². The third kappa shape index (κ3) is 2.46. The number of thiazole rings is 1. The number of aryl methyl sites for hydroxylation is 1. The molecule has 1 aliphatic carbocycles. The van der Waals surface area contributed by atoms with E-state index in [9.17, 15) is 0 Å². The summed E-state index contributed by atoms with van der Waals surface area (Å²) in [5, 5.41) is 3.56. The van der Waals surface area contributed by atoms with Crippen LogP contribution in [-0.4, -0.2) is 29.5 Å². The Hall–Kier alpha value is -0.410. The van der Waals surface area contributed by atoms with Crippen molar-refractivity contribution in [3.63, 3.8) is 0 Å². The van der Waals surface area contributed by atoms with Gasteiger partial charge in [-0.25, -0.2) is 4.98 Å². The summed E-state index contributed by atoms with van der Waals surface area (Å²) in [5.41, 5.74) is 1.19. The lowest BCUT2D eigenvalue weighted by Crippen LogP contribution is -2.35. The first-order valence-electron chi connectivity index (χ1n) is 6.45. The number of hydrogen-bond donors (Lipinski definition) is 0. The van der Waals surface area contributed by atoms with Crippen LogP contribution < -0.4 is 0 Å². The minimum Gasteiger partial charge on any atom is -0.302 e. The molecular weight excluding hydrogens is 216 g/mol. The lowest BCUT2D eigenvalue weighted by molar-refractivity contribution is 0.200. The zero-order valence-corrected chi connectivity index (χ0v) is 10.8. The highest BCUT2D eigenvalue weighted by Crippen LogP contribution is 2.33. The Bertz CT molecular complexity index is 357. The monoisotopic (exact) mass is 236 g/mol. The second kappa shape index (κ2) is 4.46. The van der Waals surface area contributed by atoms with Gasteiger partial charge in [-0.2, -0.15) is 0 Å². The zero-order chi connectivity index (χ0) is 11.0. The quantitative estimate of drug-likeness (QED) is 0.802. The van der Waals surface area contributed by atoms with Crippen molar-refractivity contribution in [2.45, 2.75) is 38.5 Å². The molecule has 0 bridgehead atoms. The predicted octanol–water partition coefficient (Wildman–Crippen LogP) is 3.04. The predicted molar refractivity (Wildman–Crippen MR) is 68.0 cm³/mol. The molecule has 1 aromatic heterocycles. The van der Waals surface area contributed by atoms with Crippen molar-refractivity contribution < 1.29 is 0 Å². The molecule has 2 heterocycles. The molecule has 2 fully saturated rings. The maximum absolute atomic E-state index is 4.66. The summed E-state index contributed by atoms with van der Waals surface area (Å²) in [6.07, 6.45) is 5.64. The summed E-state index contributed by atoms with van der Waals surface area (Å²) >= 11 is 1.85. The lowest BCUT2D eigenvalue weighted by atomic mass is 9.98. The normalized spacial score (nSPS) is 27.2. The largest absolute Gasteiger partial charge is 0.302 e. The van der Waals surface area contributed by atoms with Crippen LogP contribution in [0.2, 0.25) is 0 Å². The molecule has 1 unspecified atom stereocenters. The van der Waals surface area contributed by atoms with E-state index in [1.54, 1.807) is 0 Å². The number of nitrogens with zero attached hydrogens (tertiary/aromatic N) is 2. The first-order chi connectivity index (χ1) is 7.81. The van der Waals surface area contributed by atoms with Crippen molar-refractivity contribution >= 4 is 11.3 Å². The Labute approximate surface area is 102 Å². The molecule has 1 saturated heterocycles. The molecule has 88 valence electrons. The zero-order valence-electron chi connectivity index (χ0n) is 9.98. The average molecular weight is 236 g/mol. The van der Waals surface area contributed by atoms with Gasteiger partial charge in [0.05, 0.1) is 5.01 Å². The molecule has 2 nitrogen and oxygen atoms in total. The maximum Gasteiger partial charge on any atom is 0.0971 e. The second-order valence-corrected chi connectivity index (χ2v) is 6.26. The minimum absolute atomic E-state index is 0.714. The van der Waals surface area contributed by atoms with Gasteiger partial charge in [0.25, 0.3) is 0 Å². The van der Waals surface area contributed by atoms with Crippen LogP contribution >= 0.6 is 11.3 Å². The van der Waals surface area contributed by atoms with E-state index < -0.39 is 0 Å². The Kier molecular flexibility index (Phi) is 2.99. The van der Waals surface area contributed by atoms with Gasteiger partial charge in [-0.1, -0.05) is 0 Å². The van der Waals surface area contributed by atoms with Crippen molar-refractivity contribution in [3.8, 4) is 0 Å². The fourth-order valence-corrected chi connectivity index (χ4v) is 3.57. The molecular formula is C13H20N2S. The summed E-state index contributed by atoms with van der Waals surface area (Å²) in [5.74, 6) is 1.74. The maximum atomic E-state index is 4.66. The molecule has 0 aromatic carbocycles. The number of rotatable bonds is 3. The average Bonchev–Trinajstić information content (AvgIpc) is 2.98. The third-order valence-electron chi connectivity index (χ3n) is 3.70. The van der Waals surface area contributed by atoms with Gasteiger partial charge in [-0.3, -0.25) is 0 Å². The van der Waals surface area contributed by atoms with Crippen LogP contribution in [0, 0.1) is 12.8 Å². The first-order valence-corrected chi connectivity index (χ1v) is 7.33. The molecule has 1 aliphatic heterocycles. The lowest BCUT2D eigenvalue weighted by Gasteiger charge is -2.31. The highest BCUT2D eigenvalue weighted by molar-refractivity contribution is 7.09. The second-order valence-electron chi connectivity index (χ2n) is 5.37. The summed E-state index contributed by atoms with van der Waals surface area (Å²) in [6.45, 7) is 6.02. The van der Waals surface area contributed by atoms with E-state index in [0.29, 0.717) is 5.92 Å². The van der Waals surface area contributed by atoms with E-state index in [0.717, 1.165) is 5.92 Å². The van der Waals surface area contributed by atoms with E-state index in [-0.39, 0.29) is 0 Å². The van der Waals surface area contributed by atoms with E-state index >= 15 is 0 Å². The van der Waals surface area contributed by atoms with E-state index in [1.807, 2.05) is 11.3 Å². The summed E-state index contributed by atoms with van der Waals surface area (Å²) in [4.78, 5) is 7.32. The van der Waals surface area contributed by atoms with Crippen molar-refractivity contribution in [1.29, 1.82) is 0 Å². The molecule has 3 heteroatoms. The van der Waals surface area contributed by atoms with Gasteiger partial charge < -0.3 is 4.90 Å². The van der Waals surface area contributed by atoms with Crippen LogP contribution in [-0.2, 0) is 0 Å². The van der Waals surface area contributed by atoms with Crippen molar-refractivity contribution in [2.24, 2.45) is 5.92 Å². The molecule has 0 radical (unpaired) electrons. The van der Waals surface area contributed by atoms with Crippen LogP contribution in [0.4, 0.5) is 0 Å². The molecule has 3 rings (SSSR count). The van der Waals surface area contributed by atoms with Crippen LogP contribution in [0.3, 0.4) is 0 Å². The van der Waals surface area contributed by atoms with E-state index in [2.05, 4.69) is 22.2 Å². The van der Waals surface area contributed by atoms with Gasteiger partial charge in [0, 0.05) is 30.1 Å². The molecule has 1 saturated carbocycles. The third-order valence-corrected chi connectivity index (χ3v) is 4.83. The van der Waals surface area contributed by atoms with E-state index in [1.165, 1.54) is 56.0 Å². The summed E-state index contributed by atoms with van der Waals surface area (Å²) < 4.78 is 0. The van der Waals surface area contributed by atoms with Crippen LogP contribution in [0.5, 0.6) is 0 Å². The smallest absolute Gasteiger partial charge is 0.0971 e. The molecule has 16 heavy (non-hydrogen) atoms. The SMILES string of the molecule is Cc1csc(C2CCCN(CC3CC3)C2)n1. The van der Waals surface area contributed by atoms with Gasteiger partial charge in [-0.05, 0) is 45.1 Å². The van der Waals surface area contributed by atoms with Gasteiger partial charge in [0.15, 0.2) is 0 Å². The highest BCUT2D eigenvalue weighted by atomic mass is 32.1. The first kappa shape index (κ1) is 10.7. The fourth-order valence-electron chi connectivity index (χ4n) is 2.65. The fraction of sp³-hybridized carbons (Fsp3) is 0.769. The Morgan fingerprint density at radius 1 is 1.44 bits per heavy atom. The molecule has 1 atom stereocenters. The van der Waals surface area contributed by atoms with Crippen LogP contribution in [0.15, 0.2) is 5.38 Å². The van der Waals surface area contributed by atoms with Gasteiger partial charge in [0.1, 0.15) is 0 Å². The Morgan fingerprint density at radius 3 is 3.00 bits per heavy atom. The molecule has 1 aromatic rings. The molecule has 0 spiro atoms. The topological polar surface area (TPSA) is 16.1 Å². The molecule has 0 amide bonds. The van der Waals surface area contributed by atoms with Gasteiger partial charge >= 0.3 is 0 Å². The molecule has 2 aliphatic rings. The number of hydrogen-bond acceptors (Lipinski definition) is 3. The van der Waals surface area contributed by atoms with E-state index in [4.69, 9.17) is 0 Å². The Morgan fingerprint density at radius 2 is 2.31 bits per heavy atom. The minimum atomic E-state index is 0.714. The number of aromatic nitrogens is 1. The standard InChI is InChI=1S/C13H20N2S/c1-10-9-16-13(14-10)12-3-2-6-15(8-12)7-11-4-5-11/h9,11-12H,2-8H2,1H3. The summed E-state index contributed by atoms with van der Waals surface area (Å²) in [6, 6.07) is 0. The highest BCUT2D eigenvalue weighted by Gasteiger charge is 2.28. The molecule has 0 N–H and O–H groups in total. The summed E-state index contributed by atoms with van der Waals surface area (Å²) in [7, 11) is 0.